The molecule has 3 heteroatoms. The SMILES string of the molecule is CCN1CCC(C)(c2ccc(N)cc2)C1=O. The van der Waals surface area contributed by atoms with Gasteiger partial charge < -0.3 is 10.6 Å². The number of nitrogen functional groups attached to an aromatic ring is 1. The lowest BCUT2D eigenvalue weighted by atomic mass is 9.81. The van der Waals surface area contributed by atoms with Gasteiger partial charge >= 0.3 is 0 Å². The van der Waals surface area contributed by atoms with Crippen LogP contribution in [0.1, 0.15) is 25.8 Å². The van der Waals surface area contributed by atoms with Crippen LogP contribution >= 0.6 is 0 Å². The number of likely N-dealkylation sites (tertiary alicyclic amines) is 1. The maximum atomic E-state index is 12.2. The fourth-order valence-electron chi connectivity index (χ4n) is 2.34. The average molecular weight is 218 g/mol. The van der Waals surface area contributed by atoms with Crippen LogP contribution in [0, 0.1) is 0 Å². The fourth-order valence-corrected chi connectivity index (χ4v) is 2.34. The molecular formula is C13H18N2O. The van der Waals surface area contributed by atoms with E-state index >= 15 is 0 Å². The molecule has 1 unspecified atom stereocenters. The molecule has 2 rings (SSSR count). The second-order valence-electron chi connectivity index (χ2n) is 4.59. The number of nitrogens with zero attached hydrogens (tertiary/aromatic N) is 1. The lowest BCUT2D eigenvalue weighted by Crippen LogP contribution is -2.35. The molecular weight excluding hydrogens is 200 g/mol. The quantitative estimate of drug-likeness (QED) is 0.769. The minimum atomic E-state index is -0.357. The molecule has 0 radical (unpaired) electrons. The summed E-state index contributed by atoms with van der Waals surface area (Å²) in [5.74, 6) is 0.236. The van der Waals surface area contributed by atoms with E-state index in [9.17, 15) is 4.79 Å². The predicted molar refractivity (Wildman–Crippen MR) is 65.1 cm³/mol. The van der Waals surface area contributed by atoms with Gasteiger partial charge in [-0.15, -0.1) is 0 Å². The van der Waals surface area contributed by atoms with Crippen LogP contribution in [-0.2, 0) is 10.2 Å². The third-order valence-electron chi connectivity index (χ3n) is 3.57. The number of hydrogen-bond acceptors (Lipinski definition) is 2. The van der Waals surface area contributed by atoms with Gasteiger partial charge in [-0.2, -0.15) is 0 Å². The molecule has 0 aliphatic carbocycles. The molecule has 3 nitrogen and oxygen atoms in total. The molecule has 0 bridgehead atoms. The van der Waals surface area contributed by atoms with E-state index in [1.54, 1.807) is 0 Å². The Hall–Kier alpha value is -1.51. The number of carbonyl (C=O) groups excluding carboxylic acids is 1. The third kappa shape index (κ3) is 1.56. The molecule has 1 saturated heterocycles. The Balaban J connectivity index is 2.33. The van der Waals surface area contributed by atoms with Gasteiger partial charge in [0.2, 0.25) is 5.91 Å². The Morgan fingerprint density at radius 3 is 2.50 bits per heavy atom. The zero-order valence-electron chi connectivity index (χ0n) is 9.86. The Bertz CT molecular complexity index is 399. The molecule has 1 aromatic carbocycles. The first-order valence-electron chi connectivity index (χ1n) is 5.73. The van der Waals surface area contributed by atoms with Crippen LogP contribution in [0.3, 0.4) is 0 Å². The van der Waals surface area contributed by atoms with E-state index in [0.717, 1.165) is 30.8 Å². The monoisotopic (exact) mass is 218 g/mol. The van der Waals surface area contributed by atoms with Crippen LogP contribution in [0.4, 0.5) is 5.69 Å². The predicted octanol–water partition coefficient (Wildman–Crippen LogP) is 1.78. The molecule has 1 fully saturated rings. The smallest absolute Gasteiger partial charge is 0.233 e. The normalized spacial score (nSPS) is 25.1. The topological polar surface area (TPSA) is 46.3 Å². The molecule has 2 N–H and O–H groups in total. The number of nitrogens with two attached hydrogens (primary N) is 1. The first-order chi connectivity index (χ1) is 7.58. The zero-order valence-corrected chi connectivity index (χ0v) is 9.86. The summed E-state index contributed by atoms with van der Waals surface area (Å²) < 4.78 is 0. The van der Waals surface area contributed by atoms with Crippen molar-refractivity contribution in [1.82, 2.24) is 4.90 Å². The van der Waals surface area contributed by atoms with Crippen molar-refractivity contribution in [2.45, 2.75) is 25.7 Å². The molecule has 0 spiro atoms. The Kier molecular flexibility index (Phi) is 2.62. The standard InChI is InChI=1S/C13H18N2O/c1-3-15-9-8-13(2,12(15)16)10-4-6-11(14)7-5-10/h4-7H,3,8-9,14H2,1-2H3. The molecule has 86 valence electrons. The molecule has 0 saturated carbocycles. The molecule has 1 aliphatic rings. The summed E-state index contributed by atoms with van der Waals surface area (Å²) in [6.07, 6.45) is 0.892. The summed E-state index contributed by atoms with van der Waals surface area (Å²) in [5.41, 5.74) is 7.12. The van der Waals surface area contributed by atoms with Gasteiger partial charge in [0, 0.05) is 18.8 Å². The molecule has 1 aliphatic heterocycles. The Labute approximate surface area is 96.2 Å². The van der Waals surface area contributed by atoms with Crippen molar-refractivity contribution in [3.63, 3.8) is 0 Å². The first kappa shape index (κ1) is 11.0. The summed E-state index contributed by atoms with van der Waals surface area (Å²) >= 11 is 0. The van der Waals surface area contributed by atoms with Gasteiger partial charge in [0.25, 0.3) is 0 Å². The van der Waals surface area contributed by atoms with Crippen molar-refractivity contribution in [2.75, 3.05) is 18.8 Å². The van der Waals surface area contributed by atoms with Crippen molar-refractivity contribution < 1.29 is 4.79 Å². The number of anilines is 1. The van der Waals surface area contributed by atoms with Crippen molar-refractivity contribution in [2.24, 2.45) is 0 Å². The maximum absolute atomic E-state index is 12.2. The van der Waals surface area contributed by atoms with Gasteiger partial charge in [-0.1, -0.05) is 12.1 Å². The lowest BCUT2D eigenvalue weighted by Gasteiger charge is -2.23. The first-order valence-corrected chi connectivity index (χ1v) is 5.73. The number of amides is 1. The van der Waals surface area contributed by atoms with Crippen LogP contribution in [0.15, 0.2) is 24.3 Å². The maximum Gasteiger partial charge on any atom is 0.233 e. The van der Waals surface area contributed by atoms with Gasteiger partial charge in [0.05, 0.1) is 5.41 Å². The highest BCUT2D eigenvalue weighted by Crippen LogP contribution is 2.35. The van der Waals surface area contributed by atoms with Gasteiger partial charge in [-0.25, -0.2) is 0 Å². The molecule has 1 atom stereocenters. The second-order valence-corrected chi connectivity index (χ2v) is 4.59. The van der Waals surface area contributed by atoms with Crippen molar-refractivity contribution in [1.29, 1.82) is 0 Å². The second kappa shape index (κ2) is 3.81. The molecule has 16 heavy (non-hydrogen) atoms. The number of likely N-dealkylation sites (N-methyl/N-ethyl adjacent to an activating group) is 1. The van der Waals surface area contributed by atoms with Crippen molar-refractivity contribution in [3.05, 3.63) is 29.8 Å². The van der Waals surface area contributed by atoms with Crippen LogP contribution in [0.2, 0.25) is 0 Å². The van der Waals surface area contributed by atoms with E-state index < -0.39 is 0 Å². The van der Waals surface area contributed by atoms with Gasteiger partial charge in [0.15, 0.2) is 0 Å². The van der Waals surface area contributed by atoms with E-state index in [1.807, 2.05) is 43.0 Å². The van der Waals surface area contributed by atoms with Gasteiger partial charge in [-0.3, -0.25) is 4.79 Å². The fraction of sp³-hybridized carbons (Fsp3) is 0.462. The average Bonchev–Trinajstić information content (AvgIpc) is 2.58. The zero-order chi connectivity index (χ0) is 11.8. The summed E-state index contributed by atoms with van der Waals surface area (Å²) in [5, 5.41) is 0. The largest absolute Gasteiger partial charge is 0.399 e. The number of carbonyl (C=O) groups is 1. The Morgan fingerprint density at radius 2 is 2.00 bits per heavy atom. The highest BCUT2D eigenvalue weighted by Gasteiger charge is 2.43. The Morgan fingerprint density at radius 1 is 1.38 bits per heavy atom. The van der Waals surface area contributed by atoms with E-state index in [-0.39, 0.29) is 11.3 Å². The van der Waals surface area contributed by atoms with Gasteiger partial charge in [-0.05, 0) is 38.0 Å². The summed E-state index contributed by atoms with van der Waals surface area (Å²) in [4.78, 5) is 14.2. The van der Waals surface area contributed by atoms with E-state index in [1.165, 1.54) is 0 Å². The summed E-state index contributed by atoms with van der Waals surface area (Å²) in [6, 6.07) is 7.66. The highest BCUT2D eigenvalue weighted by molar-refractivity contribution is 5.90. The van der Waals surface area contributed by atoms with Crippen LogP contribution in [0.5, 0.6) is 0 Å². The summed E-state index contributed by atoms with van der Waals surface area (Å²) in [6.45, 7) is 5.70. The minimum absolute atomic E-state index is 0.236. The summed E-state index contributed by atoms with van der Waals surface area (Å²) in [7, 11) is 0. The minimum Gasteiger partial charge on any atom is -0.399 e. The molecule has 1 aromatic rings. The number of benzene rings is 1. The van der Waals surface area contributed by atoms with Crippen LogP contribution in [-0.4, -0.2) is 23.9 Å². The van der Waals surface area contributed by atoms with Crippen LogP contribution in [0.25, 0.3) is 0 Å². The van der Waals surface area contributed by atoms with E-state index in [0.29, 0.717) is 0 Å². The van der Waals surface area contributed by atoms with Gasteiger partial charge in [0.1, 0.15) is 0 Å². The van der Waals surface area contributed by atoms with E-state index in [4.69, 9.17) is 5.73 Å². The highest BCUT2D eigenvalue weighted by atomic mass is 16.2. The number of rotatable bonds is 2. The molecule has 0 aromatic heterocycles. The van der Waals surface area contributed by atoms with E-state index in [2.05, 4.69) is 0 Å². The molecule has 1 amide bonds. The van der Waals surface area contributed by atoms with Crippen molar-refractivity contribution in [3.8, 4) is 0 Å². The lowest BCUT2D eigenvalue weighted by molar-refractivity contribution is -0.131. The molecule has 1 heterocycles. The van der Waals surface area contributed by atoms with Crippen molar-refractivity contribution >= 4 is 11.6 Å². The third-order valence-corrected chi connectivity index (χ3v) is 3.57. The van der Waals surface area contributed by atoms with Crippen LogP contribution < -0.4 is 5.73 Å². The number of hydrogen-bond donors (Lipinski definition) is 1.